The lowest BCUT2D eigenvalue weighted by atomic mass is 10.1. The van der Waals surface area contributed by atoms with Gasteiger partial charge < -0.3 is 10.6 Å². The molecule has 0 saturated heterocycles. The summed E-state index contributed by atoms with van der Waals surface area (Å²) in [6, 6.07) is 2.61. The topological polar surface area (TPSA) is 49.8 Å². The first-order chi connectivity index (χ1) is 9.22. The van der Waals surface area contributed by atoms with Gasteiger partial charge in [-0.05, 0) is 25.2 Å². The van der Waals surface area contributed by atoms with Gasteiger partial charge in [0.05, 0.1) is 0 Å². The Morgan fingerprint density at radius 3 is 2.63 bits per heavy atom. The highest BCUT2D eigenvalue weighted by Crippen LogP contribution is 2.27. The van der Waals surface area contributed by atoms with E-state index in [1.165, 1.54) is 19.3 Å². The lowest BCUT2D eigenvalue weighted by molar-refractivity contribution is 0.554. The molecular weight excluding hydrogens is 236 g/mol. The predicted octanol–water partition coefficient (Wildman–Crippen LogP) is 3.46. The van der Waals surface area contributed by atoms with Crippen LogP contribution in [0.1, 0.15) is 52.3 Å². The molecule has 0 bridgehead atoms. The number of hydrogen-bond acceptors (Lipinski definition) is 4. The SMILES string of the molecule is CCCNc1cc(NC2CCCC2C)nc(CC)n1. The number of nitrogens with one attached hydrogen (secondary N) is 2. The van der Waals surface area contributed by atoms with Gasteiger partial charge in [-0.3, -0.25) is 0 Å². The van der Waals surface area contributed by atoms with Crippen molar-refractivity contribution in [1.82, 2.24) is 9.97 Å². The lowest BCUT2D eigenvalue weighted by Crippen LogP contribution is -2.23. The molecule has 0 amide bonds. The number of aromatic nitrogens is 2. The van der Waals surface area contributed by atoms with Crippen LogP contribution in [0, 0.1) is 5.92 Å². The second-order valence-electron chi connectivity index (χ2n) is 5.49. The Hall–Kier alpha value is -1.32. The number of nitrogens with zero attached hydrogens (tertiary/aromatic N) is 2. The summed E-state index contributed by atoms with van der Waals surface area (Å²) in [5, 5.41) is 6.95. The molecule has 1 heterocycles. The molecule has 2 atom stereocenters. The quantitative estimate of drug-likeness (QED) is 0.824. The Bertz CT molecular complexity index is 405. The highest BCUT2D eigenvalue weighted by Gasteiger charge is 2.23. The summed E-state index contributed by atoms with van der Waals surface area (Å²) >= 11 is 0. The Morgan fingerprint density at radius 2 is 2.00 bits per heavy atom. The maximum atomic E-state index is 4.60. The third-order valence-electron chi connectivity index (χ3n) is 3.84. The van der Waals surface area contributed by atoms with Gasteiger partial charge in [0.1, 0.15) is 17.5 Å². The summed E-state index contributed by atoms with van der Waals surface area (Å²) in [4.78, 5) is 9.12. The van der Waals surface area contributed by atoms with E-state index in [1.807, 2.05) is 6.07 Å². The van der Waals surface area contributed by atoms with E-state index in [0.717, 1.165) is 42.8 Å². The van der Waals surface area contributed by atoms with E-state index in [0.29, 0.717) is 6.04 Å². The summed E-state index contributed by atoms with van der Waals surface area (Å²) in [6.45, 7) is 7.54. The fraction of sp³-hybridized carbons (Fsp3) is 0.733. The van der Waals surface area contributed by atoms with Crippen molar-refractivity contribution in [1.29, 1.82) is 0 Å². The maximum Gasteiger partial charge on any atom is 0.132 e. The molecule has 106 valence electrons. The number of rotatable bonds is 6. The van der Waals surface area contributed by atoms with Gasteiger partial charge in [0, 0.05) is 25.1 Å². The summed E-state index contributed by atoms with van der Waals surface area (Å²) < 4.78 is 0. The standard InChI is InChI=1S/C15H26N4/c1-4-9-16-14-10-15(19-13(5-2)18-14)17-12-8-6-7-11(12)3/h10-12H,4-9H2,1-3H3,(H2,16,17,18,19). The van der Waals surface area contributed by atoms with E-state index in [2.05, 4.69) is 41.4 Å². The van der Waals surface area contributed by atoms with Crippen molar-refractivity contribution in [3.63, 3.8) is 0 Å². The van der Waals surface area contributed by atoms with Gasteiger partial charge in [-0.2, -0.15) is 0 Å². The van der Waals surface area contributed by atoms with Crippen molar-refractivity contribution in [3.8, 4) is 0 Å². The van der Waals surface area contributed by atoms with Crippen LogP contribution in [0.4, 0.5) is 11.6 Å². The second-order valence-corrected chi connectivity index (χ2v) is 5.49. The van der Waals surface area contributed by atoms with Crippen LogP contribution in [-0.4, -0.2) is 22.6 Å². The van der Waals surface area contributed by atoms with Crippen LogP contribution in [0.3, 0.4) is 0 Å². The van der Waals surface area contributed by atoms with Gasteiger partial charge in [0.15, 0.2) is 0 Å². The molecule has 1 aliphatic rings. The van der Waals surface area contributed by atoms with Crippen LogP contribution < -0.4 is 10.6 Å². The van der Waals surface area contributed by atoms with E-state index in [-0.39, 0.29) is 0 Å². The van der Waals surface area contributed by atoms with Crippen molar-refractivity contribution < 1.29 is 0 Å². The van der Waals surface area contributed by atoms with E-state index < -0.39 is 0 Å². The normalized spacial score (nSPS) is 22.5. The van der Waals surface area contributed by atoms with Crippen LogP contribution in [-0.2, 0) is 6.42 Å². The van der Waals surface area contributed by atoms with Crippen molar-refractivity contribution in [2.24, 2.45) is 5.92 Å². The van der Waals surface area contributed by atoms with E-state index in [9.17, 15) is 0 Å². The minimum absolute atomic E-state index is 0.568. The molecule has 0 spiro atoms. The first kappa shape index (κ1) is 14.1. The van der Waals surface area contributed by atoms with Crippen LogP contribution in [0.2, 0.25) is 0 Å². The third kappa shape index (κ3) is 3.82. The highest BCUT2D eigenvalue weighted by atomic mass is 15.1. The lowest BCUT2D eigenvalue weighted by Gasteiger charge is -2.19. The van der Waals surface area contributed by atoms with Crippen LogP contribution in [0.25, 0.3) is 0 Å². The minimum atomic E-state index is 0.568. The number of hydrogen-bond donors (Lipinski definition) is 2. The fourth-order valence-electron chi connectivity index (χ4n) is 2.62. The average molecular weight is 262 g/mol. The van der Waals surface area contributed by atoms with E-state index >= 15 is 0 Å². The molecule has 1 fully saturated rings. The average Bonchev–Trinajstić information content (AvgIpc) is 2.81. The molecule has 0 radical (unpaired) electrons. The van der Waals surface area contributed by atoms with Crippen molar-refractivity contribution in [2.45, 2.75) is 58.9 Å². The summed E-state index contributed by atoms with van der Waals surface area (Å²) in [5.74, 6) is 3.58. The van der Waals surface area contributed by atoms with Crippen LogP contribution in [0.15, 0.2) is 6.07 Å². The summed E-state index contributed by atoms with van der Waals surface area (Å²) in [5.41, 5.74) is 0. The van der Waals surface area contributed by atoms with Crippen LogP contribution in [0.5, 0.6) is 0 Å². The summed E-state index contributed by atoms with van der Waals surface area (Å²) in [6.07, 6.45) is 5.88. The van der Waals surface area contributed by atoms with Gasteiger partial charge in [-0.15, -0.1) is 0 Å². The summed E-state index contributed by atoms with van der Waals surface area (Å²) in [7, 11) is 0. The molecule has 19 heavy (non-hydrogen) atoms. The van der Waals surface area contributed by atoms with Gasteiger partial charge in [0.2, 0.25) is 0 Å². The van der Waals surface area contributed by atoms with E-state index in [4.69, 9.17) is 0 Å². The zero-order valence-corrected chi connectivity index (χ0v) is 12.4. The molecule has 1 aromatic rings. The predicted molar refractivity (Wildman–Crippen MR) is 80.6 cm³/mol. The Morgan fingerprint density at radius 1 is 1.21 bits per heavy atom. The Labute approximate surface area is 116 Å². The fourth-order valence-corrected chi connectivity index (χ4v) is 2.62. The third-order valence-corrected chi connectivity index (χ3v) is 3.84. The monoisotopic (exact) mass is 262 g/mol. The zero-order valence-electron chi connectivity index (χ0n) is 12.4. The number of aryl methyl sites for hydroxylation is 1. The van der Waals surface area contributed by atoms with Gasteiger partial charge in [-0.25, -0.2) is 9.97 Å². The van der Waals surface area contributed by atoms with E-state index in [1.54, 1.807) is 0 Å². The van der Waals surface area contributed by atoms with Crippen molar-refractivity contribution in [3.05, 3.63) is 11.9 Å². The van der Waals surface area contributed by atoms with Gasteiger partial charge in [-0.1, -0.05) is 27.2 Å². The minimum Gasteiger partial charge on any atom is -0.370 e. The highest BCUT2D eigenvalue weighted by molar-refractivity contribution is 5.48. The number of anilines is 2. The first-order valence-electron chi connectivity index (χ1n) is 7.61. The Kier molecular flexibility index (Phi) is 5.00. The van der Waals surface area contributed by atoms with Gasteiger partial charge in [0.25, 0.3) is 0 Å². The maximum absolute atomic E-state index is 4.60. The molecule has 1 aromatic heterocycles. The van der Waals surface area contributed by atoms with Crippen molar-refractivity contribution in [2.75, 3.05) is 17.2 Å². The molecule has 1 saturated carbocycles. The van der Waals surface area contributed by atoms with Crippen molar-refractivity contribution >= 4 is 11.6 Å². The smallest absolute Gasteiger partial charge is 0.132 e. The molecule has 0 aliphatic heterocycles. The first-order valence-corrected chi connectivity index (χ1v) is 7.61. The molecule has 4 heteroatoms. The molecule has 0 aromatic carbocycles. The molecule has 2 rings (SSSR count). The van der Waals surface area contributed by atoms with Crippen LogP contribution >= 0.6 is 0 Å². The Balaban J connectivity index is 2.09. The van der Waals surface area contributed by atoms with Gasteiger partial charge >= 0.3 is 0 Å². The molecule has 2 N–H and O–H groups in total. The second kappa shape index (κ2) is 6.73. The molecular formula is C15H26N4. The molecule has 1 aliphatic carbocycles. The molecule has 4 nitrogen and oxygen atoms in total. The largest absolute Gasteiger partial charge is 0.370 e. The molecule has 2 unspecified atom stereocenters. The zero-order chi connectivity index (χ0) is 13.7.